The van der Waals surface area contributed by atoms with Gasteiger partial charge >= 0.3 is 0 Å². The zero-order chi connectivity index (χ0) is 12.8. The highest BCUT2D eigenvalue weighted by Gasteiger charge is 2.00. The monoisotopic (exact) mass is 245 g/mol. The van der Waals surface area contributed by atoms with Gasteiger partial charge in [0.1, 0.15) is 18.0 Å². The van der Waals surface area contributed by atoms with Gasteiger partial charge in [-0.05, 0) is 6.42 Å². The number of hydrogen-bond donors (Lipinski definition) is 1. The van der Waals surface area contributed by atoms with Gasteiger partial charge in [-0.3, -0.25) is 0 Å². The molecule has 0 radical (unpaired) electrons. The number of anilines is 1. The lowest BCUT2D eigenvalue weighted by atomic mass is 10.2. The molecule has 2 rings (SSSR count). The van der Waals surface area contributed by atoms with E-state index in [9.17, 15) is 0 Å². The maximum absolute atomic E-state index is 4.28. The first-order chi connectivity index (χ1) is 8.79. The Balaban J connectivity index is 1.86. The van der Waals surface area contributed by atoms with Crippen molar-refractivity contribution in [3.8, 4) is 0 Å². The Bertz CT molecular complexity index is 492. The van der Waals surface area contributed by atoms with Crippen molar-refractivity contribution in [1.29, 1.82) is 0 Å². The lowest BCUT2D eigenvalue weighted by Crippen LogP contribution is -2.10. The molecule has 2 aromatic rings. The van der Waals surface area contributed by atoms with Crippen LogP contribution in [0, 0.1) is 0 Å². The molecular formula is C13H19N5. The highest BCUT2D eigenvalue weighted by molar-refractivity contribution is 5.34. The minimum Gasteiger partial charge on any atom is -0.370 e. The number of hydrogen-bond acceptors (Lipinski definition) is 4. The molecule has 5 heteroatoms. The summed E-state index contributed by atoms with van der Waals surface area (Å²) in [5.41, 5.74) is 1.09. The normalized spacial score (nSPS) is 10.6. The van der Waals surface area contributed by atoms with Crippen molar-refractivity contribution in [3.05, 3.63) is 36.3 Å². The van der Waals surface area contributed by atoms with Crippen molar-refractivity contribution in [2.24, 2.45) is 7.05 Å². The number of aromatic nitrogens is 4. The van der Waals surface area contributed by atoms with E-state index in [1.807, 2.05) is 30.1 Å². The van der Waals surface area contributed by atoms with Gasteiger partial charge in [-0.1, -0.05) is 13.3 Å². The first-order valence-corrected chi connectivity index (χ1v) is 6.30. The van der Waals surface area contributed by atoms with Gasteiger partial charge in [0.2, 0.25) is 0 Å². The lowest BCUT2D eigenvalue weighted by molar-refractivity contribution is 0.787. The average molecular weight is 245 g/mol. The summed E-state index contributed by atoms with van der Waals surface area (Å²) in [6.45, 7) is 2.98. The third-order valence-corrected chi connectivity index (χ3v) is 2.81. The minimum absolute atomic E-state index is 0.827. The van der Waals surface area contributed by atoms with E-state index in [1.165, 1.54) is 0 Å². The number of nitrogens with one attached hydrogen (secondary N) is 1. The molecule has 2 aromatic heterocycles. The first kappa shape index (κ1) is 12.5. The van der Waals surface area contributed by atoms with Crippen LogP contribution in [0.5, 0.6) is 0 Å². The van der Waals surface area contributed by atoms with E-state index in [1.54, 1.807) is 6.33 Å². The van der Waals surface area contributed by atoms with E-state index in [-0.39, 0.29) is 0 Å². The van der Waals surface area contributed by atoms with E-state index >= 15 is 0 Å². The molecule has 0 saturated carbocycles. The number of aryl methyl sites for hydroxylation is 2. The lowest BCUT2D eigenvalue weighted by Gasteiger charge is -2.06. The Hall–Kier alpha value is -1.91. The molecule has 0 atom stereocenters. The van der Waals surface area contributed by atoms with Crippen LogP contribution in [0.25, 0.3) is 0 Å². The minimum atomic E-state index is 0.827. The van der Waals surface area contributed by atoms with Crippen LogP contribution in [0.1, 0.15) is 24.9 Å². The molecule has 0 aliphatic carbocycles. The van der Waals surface area contributed by atoms with Crippen molar-refractivity contribution in [1.82, 2.24) is 19.5 Å². The van der Waals surface area contributed by atoms with E-state index in [4.69, 9.17) is 0 Å². The Morgan fingerprint density at radius 3 is 2.83 bits per heavy atom. The van der Waals surface area contributed by atoms with Crippen LogP contribution in [0.4, 0.5) is 5.82 Å². The van der Waals surface area contributed by atoms with Crippen LogP contribution in [0.15, 0.2) is 24.8 Å². The SMILES string of the molecule is CCCc1cc(NCCc2nccn2C)ncn1. The second-order valence-corrected chi connectivity index (χ2v) is 4.28. The van der Waals surface area contributed by atoms with Crippen LogP contribution in [-0.2, 0) is 19.9 Å². The Morgan fingerprint density at radius 1 is 1.22 bits per heavy atom. The van der Waals surface area contributed by atoms with Gasteiger partial charge < -0.3 is 9.88 Å². The molecule has 0 aliphatic rings. The van der Waals surface area contributed by atoms with Crippen molar-refractivity contribution in [2.45, 2.75) is 26.2 Å². The molecule has 2 heterocycles. The molecule has 0 aliphatic heterocycles. The Morgan fingerprint density at radius 2 is 2.11 bits per heavy atom. The molecule has 0 fully saturated rings. The molecule has 18 heavy (non-hydrogen) atoms. The van der Waals surface area contributed by atoms with Gasteiger partial charge in [0.05, 0.1) is 0 Å². The fourth-order valence-corrected chi connectivity index (χ4v) is 1.83. The van der Waals surface area contributed by atoms with E-state index < -0.39 is 0 Å². The third kappa shape index (κ3) is 3.29. The van der Waals surface area contributed by atoms with Crippen LogP contribution in [0.2, 0.25) is 0 Å². The summed E-state index contributed by atoms with van der Waals surface area (Å²) in [6, 6.07) is 2.02. The second kappa shape index (κ2) is 6.14. The van der Waals surface area contributed by atoms with Gasteiger partial charge in [-0.25, -0.2) is 15.0 Å². The highest BCUT2D eigenvalue weighted by Crippen LogP contribution is 2.06. The van der Waals surface area contributed by atoms with Crippen LogP contribution >= 0.6 is 0 Å². The molecule has 5 nitrogen and oxygen atoms in total. The first-order valence-electron chi connectivity index (χ1n) is 6.30. The Kier molecular flexibility index (Phi) is 4.28. The summed E-state index contributed by atoms with van der Waals surface area (Å²) < 4.78 is 2.03. The zero-order valence-electron chi connectivity index (χ0n) is 10.9. The van der Waals surface area contributed by atoms with Gasteiger partial charge in [0.25, 0.3) is 0 Å². The summed E-state index contributed by atoms with van der Waals surface area (Å²) in [6.07, 6.45) is 8.38. The maximum atomic E-state index is 4.28. The number of imidazole rings is 1. The summed E-state index contributed by atoms with van der Waals surface area (Å²) in [5, 5.41) is 3.30. The third-order valence-electron chi connectivity index (χ3n) is 2.81. The summed E-state index contributed by atoms with van der Waals surface area (Å²) in [5.74, 6) is 1.97. The van der Waals surface area contributed by atoms with Gasteiger partial charge in [0, 0.05) is 44.2 Å². The number of nitrogens with zero attached hydrogens (tertiary/aromatic N) is 4. The summed E-state index contributed by atoms with van der Waals surface area (Å²) in [4.78, 5) is 12.7. The summed E-state index contributed by atoms with van der Waals surface area (Å²) in [7, 11) is 2.01. The Labute approximate surface area is 107 Å². The predicted molar refractivity (Wildman–Crippen MR) is 71.4 cm³/mol. The van der Waals surface area contributed by atoms with Gasteiger partial charge in [-0.15, -0.1) is 0 Å². The molecule has 0 bridgehead atoms. The fraction of sp³-hybridized carbons (Fsp3) is 0.462. The fourth-order valence-electron chi connectivity index (χ4n) is 1.83. The predicted octanol–water partition coefficient (Wildman–Crippen LogP) is 1.82. The molecule has 0 amide bonds. The zero-order valence-corrected chi connectivity index (χ0v) is 10.9. The molecule has 96 valence electrons. The quantitative estimate of drug-likeness (QED) is 0.843. The highest BCUT2D eigenvalue weighted by atomic mass is 15.0. The van der Waals surface area contributed by atoms with E-state index in [0.29, 0.717) is 0 Å². The van der Waals surface area contributed by atoms with Gasteiger partial charge in [0.15, 0.2) is 0 Å². The van der Waals surface area contributed by atoms with E-state index in [2.05, 4.69) is 27.2 Å². The molecular weight excluding hydrogens is 226 g/mol. The molecule has 0 unspecified atom stereocenters. The van der Waals surface area contributed by atoms with Crippen LogP contribution in [-0.4, -0.2) is 26.1 Å². The molecule has 0 saturated heterocycles. The van der Waals surface area contributed by atoms with Crippen LogP contribution in [0.3, 0.4) is 0 Å². The van der Waals surface area contributed by atoms with Crippen LogP contribution < -0.4 is 5.32 Å². The largest absolute Gasteiger partial charge is 0.370 e. The summed E-state index contributed by atoms with van der Waals surface area (Å²) >= 11 is 0. The molecule has 1 N–H and O–H groups in total. The van der Waals surface area contributed by atoms with Crippen molar-refractivity contribution in [2.75, 3.05) is 11.9 Å². The molecule has 0 spiro atoms. The molecule has 0 aromatic carbocycles. The van der Waals surface area contributed by atoms with Crippen molar-refractivity contribution < 1.29 is 0 Å². The maximum Gasteiger partial charge on any atom is 0.129 e. The van der Waals surface area contributed by atoms with Crippen molar-refractivity contribution in [3.63, 3.8) is 0 Å². The van der Waals surface area contributed by atoms with Gasteiger partial charge in [-0.2, -0.15) is 0 Å². The topological polar surface area (TPSA) is 55.6 Å². The smallest absolute Gasteiger partial charge is 0.129 e. The standard InChI is InChI=1S/C13H19N5/c1-3-4-11-9-12(17-10-16-11)14-6-5-13-15-7-8-18(13)2/h7-10H,3-6H2,1-2H3,(H,14,16,17). The van der Waals surface area contributed by atoms with E-state index in [0.717, 1.165) is 43.1 Å². The second-order valence-electron chi connectivity index (χ2n) is 4.28. The number of rotatable bonds is 6. The average Bonchev–Trinajstić information content (AvgIpc) is 2.76. The van der Waals surface area contributed by atoms with Crippen molar-refractivity contribution >= 4 is 5.82 Å².